The average molecular weight is 497 g/mol. The Morgan fingerprint density at radius 1 is 1.09 bits per heavy atom. The van der Waals surface area contributed by atoms with Gasteiger partial charge in [0.1, 0.15) is 5.37 Å². The molecule has 3 N–H and O–H groups in total. The lowest BCUT2D eigenvalue weighted by atomic mass is 10.0. The van der Waals surface area contributed by atoms with Crippen LogP contribution >= 0.6 is 11.8 Å². The molecule has 4 rings (SSSR count). The van der Waals surface area contributed by atoms with Crippen LogP contribution in [0.2, 0.25) is 0 Å². The summed E-state index contributed by atoms with van der Waals surface area (Å²) in [6.07, 6.45) is 0.139. The van der Waals surface area contributed by atoms with E-state index in [-0.39, 0.29) is 40.9 Å². The maximum absolute atomic E-state index is 13.3. The van der Waals surface area contributed by atoms with Crippen molar-refractivity contribution in [2.75, 3.05) is 12.0 Å². The van der Waals surface area contributed by atoms with E-state index in [0.717, 1.165) is 17.4 Å². The van der Waals surface area contributed by atoms with Crippen LogP contribution in [0.4, 0.5) is 0 Å². The molecule has 2 aliphatic heterocycles. The number of nitrogens with zero attached hydrogens (tertiary/aromatic N) is 1. The van der Waals surface area contributed by atoms with E-state index in [0.29, 0.717) is 0 Å². The van der Waals surface area contributed by atoms with Gasteiger partial charge in [-0.1, -0.05) is 60.7 Å². The minimum atomic E-state index is -3.90. The fraction of sp³-hybridized carbons (Fsp3) is 0.238. The normalized spacial score (nSPS) is 20.2. The first-order valence-electron chi connectivity index (χ1n) is 9.47. The first kappa shape index (κ1) is 24.1. The van der Waals surface area contributed by atoms with Crippen molar-refractivity contribution in [3.8, 4) is 0 Å². The smallest absolute Gasteiger partial charge is 0.359 e. The quantitative estimate of drug-likeness (QED) is 0.280. The minimum absolute atomic E-state index is 0. The molecule has 2 heterocycles. The number of carbonyl (C=O) groups excluding carboxylic acids is 2. The summed E-state index contributed by atoms with van der Waals surface area (Å²) in [6.45, 7) is 0. The molecule has 2 aliphatic rings. The van der Waals surface area contributed by atoms with Crippen LogP contribution < -0.4 is 18.1 Å². The summed E-state index contributed by atoms with van der Waals surface area (Å²) >= 11 is 1.29. The first-order chi connectivity index (χ1) is 14.8. The van der Waals surface area contributed by atoms with E-state index in [1.807, 2.05) is 60.7 Å². The van der Waals surface area contributed by atoms with Gasteiger partial charge >= 0.3 is 16.1 Å². The molecule has 0 aromatic heterocycles. The topological polar surface area (TPSA) is 118 Å². The number of esters is 1. The van der Waals surface area contributed by atoms with Gasteiger partial charge in [-0.25, -0.2) is 4.79 Å². The van der Waals surface area contributed by atoms with Crippen LogP contribution in [-0.4, -0.2) is 48.6 Å². The Balaban J connectivity index is 0.00000289. The zero-order chi connectivity index (χ0) is 22.2. The van der Waals surface area contributed by atoms with Crippen molar-refractivity contribution in [2.24, 2.45) is 0 Å². The Labute approximate surface area is 196 Å². The highest BCUT2D eigenvalue weighted by atomic mass is 35.5. The molecule has 0 saturated carbocycles. The van der Waals surface area contributed by atoms with Crippen LogP contribution in [-0.2, 0) is 28.6 Å². The number of hydrogen-bond donors (Lipinski definition) is 1. The van der Waals surface area contributed by atoms with Crippen molar-refractivity contribution in [1.29, 1.82) is 0 Å². The number of β-lactam (4-membered cyclic amide) rings is 1. The van der Waals surface area contributed by atoms with E-state index in [4.69, 9.17) is 8.92 Å². The minimum Gasteiger partial charge on any atom is -1.00 e. The maximum Gasteiger partial charge on any atom is 0.359 e. The lowest BCUT2D eigenvalue weighted by Crippen LogP contribution is -3.00. The second kappa shape index (κ2) is 9.53. The van der Waals surface area contributed by atoms with Crippen LogP contribution in [0.3, 0.4) is 0 Å². The lowest BCUT2D eigenvalue weighted by Gasteiger charge is -2.45. The molecule has 0 aliphatic carbocycles. The van der Waals surface area contributed by atoms with Gasteiger partial charge in [-0.2, -0.15) is 8.42 Å². The number of fused-ring (bicyclic) bond motifs is 1. The van der Waals surface area contributed by atoms with Crippen LogP contribution in [0.15, 0.2) is 72.1 Å². The molecule has 1 fully saturated rings. The van der Waals surface area contributed by atoms with Crippen molar-refractivity contribution in [3.63, 3.8) is 0 Å². The maximum atomic E-state index is 13.3. The Morgan fingerprint density at radius 3 is 2.12 bits per heavy atom. The molecule has 0 spiro atoms. The third kappa shape index (κ3) is 4.78. The number of amides is 1. The monoisotopic (exact) mass is 496 g/mol. The molecule has 0 unspecified atom stereocenters. The Bertz CT molecular complexity index is 1100. The zero-order valence-corrected chi connectivity index (χ0v) is 19.4. The number of rotatable bonds is 6. The van der Waals surface area contributed by atoms with E-state index in [1.165, 1.54) is 16.7 Å². The highest BCUT2D eigenvalue weighted by molar-refractivity contribution is 8.00. The highest BCUT2D eigenvalue weighted by Crippen LogP contribution is 2.40. The second-order valence-corrected chi connectivity index (χ2v) is 9.86. The van der Waals surface area contributed by atoms with E-state index >= 15 is 0 Å². The second-order valence-electron chi connectivity index (χ2n) is 7.18. The Morgan fingerprint density at radius 2 is 1.62 bits per heavy atom. The van der Waals surface area contributed by atoms with E-state index in [9.17, 15) is 18.0 Å². The average Bonchev–Trinajstić information content (AvgIpc) is 2.76. The van der Waals surface area contributed by atoms with Crippen LogP contribution in [0.1, 0.15) is 17.2 Å². The van der Waals surface area contributed by atoms with Crippen molar-refractivity contribution >= 4 is 33.8 Å². The molecular weight excluding hydrogens is 476 g/mol. The van der Waals surface area contributed by atoms with Gasteiger partial charge < -0.3 is 27.1 Å². The summed E-state index contributed by atoms with van der Waals surface area (Å²) in [6, 6.07) is 17.8. The molecule has 2 atom stereocenters. The molecule has 2 aromatic rings. The van der Waals surface area contributed by atoms with Crippen LogP contribution in [0.5, 0.6) is 0 Å². The molecule has 32 heavy (non-hydrogen) atoms. The summed E-state index contributed by atoms with van der Waals surface area (Å²) in [5.74, 6) is -1.22. The van der Waals surface area contributed by atoms with Crippen molar-refractivity contribution in [3.05, 3.63) is 83.2 Å². The fourth-order valence-corrected chi connectivity index (χ4v) is 5.32. The first-order valence-corrected chi connectivity index (χ1v) is 12.3. The number of carbonyl (C=O) groups is 2. The van der Waals surface area contributed by atoms with Gasteiger partial charge in [0.15, 0.2) is 23.6 Å². The molecule has 1 saturated heterocycles. The zero-order valence-electron chi connectivity index (χ0n) is 17.0. The molecule has 2 aromatic carbocycles. The highest BCUT2D eigenvalue weighted by Gasteiger charge is 2.56. The Hall–Kier alpha value is -2.53. The van der Waals surface area contributed by atoms with Gasteiger partial charge in [-0.15, -0.1) is 11.8 Å². The third-order valence-electron chi connectivity index (χ3n) is 4.92. The fourth-order valence-electron chi connectivity index (χ4n) is 3.52. The molecule has 1 amide bonds. The number of quaternary nitrogens is 1. The summed E-state index contributed by atoms with van der Waals surface area (Å²) in [7, 11) is -3.90. The van der Waals surface area contributed by atoms with Crippen LogP contribution in [0, 0.1) is 0 Å². The van der Waals surface area contributed by atoms with Gasteiger partial charge in [0.25, 0.3) is 5.91 Å². The summed E-state index contributed by atoms with van der Waals surface area (Å²) < 4.78 is 34.4. The lowest BCUT2D eigenvalue weighted by molar-refractivity contribution is -0.423. The summed E-state index contributed by atoms with van der Waals surface area (Å²) in [5, 5.41) is -0.367. The summed E-state index contributed by atoms with van der Waals surface area (Å²) in [4.78, 5) is 27.0. The van der Waals surface area contributed by atoms with Gasteiger partial charge in [0.2, 0.25) is 0 Å². The molecule has 0 radical (unpaired) electrons. The van der Waals surface area contributed by atoms with Crippen molar-refractivity contribution in [2.45, 2.75) is 17.5 Å². The Kier molecular flexibility index (Phi) is 7.19. The number of ether oxygens (including phenoxy) is 1. The molecule has 170 valence electrons. The van der Waals surface area contributed by atoms with Gasteiger partial charge in [-0.05, 0) is 11.1 Å². The van der Waals surface area contributed by atoms with E-state index in [2.05, 4.69) is 5.73 Å². The predicted octanol–water partition coefficient (Wildman–Crippen LogP) is -1.96. The van der Waals surface area contributed by atoms with Gasteiger partial charge in [0, 0.05) is 0 Å². The number of thioether (sulfide) groups is 1. The van der Waals surface area contributed by atoms with Gasteiger partial charge in [-0.3, -0.25) is 9.69 Å². The standard InChI is InChI=1S/C21H20N2O6S2.ClH/c1-31(26,27)29-15-12-30-20-16(22)19(24)23(20)17(15)21(25)28-18(13-8-4-2-5-9-13)14-10-6-3-7-11-14;/h2-11,16,18,20H,12,22H2,1H3;1H/t16-,20+;/m0./s1. The van der Waals surface area contributed by atoms with E-state index in [1.54, 1.807) is 0 Å². The van der Waals surface area contributed by atoms with Crippen molar-refractivity contribution < 1.29 is 45.1 Å². The van der Waals surface area contributed by atoms with Crippen LogP contribution in [0.25, 0.3) is 0 Å². The molecule has 8 nitrogen and oxygen atoms in total. The van der Waals surface area contributed by atoms with Gasteiger partial charge in [0.05, 0.1) is 12.0 Å². The van der Waals surface area contributed by atoms with E-state index < -0.39 is 28.2 Å². The number of halogens is 1. The number of benzene rings is 2. The molecular formula is C21H21ClN2O6S2. The third-order valence-corrected chi connectivity index (χ3v) is 6.73. The molecule has 11 heteroatoms. The molecule has 0 bridgehead atoms. The SMILES string of the molecule is CS(=O)(=O)OC1=C(C(=O)OC(c2ccccc2)c2ccccc2)N2C(=O)[C@H]([NH3+])[C@H]2SC1.[Cl-]. The predicted molar refractivity (Wildman–Crippen MR) is 114 cm³/mol. The summed E-state index contributed by atoms with van der Waals surface area (Å²) in [5.41, 5.74) is 5.10. The van der Waals surface area contributed by atoms with Crippen molar-refractivity contribution in [1.82, 2.24) is 4.90 Å². The largest absolute Gasteiger partial charge is 1.00 e. The number of hydrogen-bond acceptors (Lipinski definition) is 7.